The second-order valence-corrected chi connectivity index (χ2v) is 4.65. The standard InChI is InChI=1S/C13H16F2N2O.ClH/c1-8(9-3-4-11(14)12(15)5-9)17(2)13(18)10-6-16-7-10;/h3-5,8,10,16H,6-7H2,1-2H3;1H. The number of rotatable bonds is 3. The maximum absolute atomic E-state index is 13.2. The van der Waals surface area contributed by atoms with Crippen LogP contribution in [0.1, 0.15) is 18.5 Å². The van der Waals surface area contributed by atoms with Crippen LogP contribution in [0.5, 0.6) is 0 Å². The van der Waals surface area contributed by atoms with Gasteiger partial charge in [0, 0.05) is 20.1 Å². The number of carbonyl (C=O) groups excluding carboxylic acids is 1. The number of hydrogen-bond donors (Lipinski definition) is 1. The van der Waals surface area contributed by atoms with Gasteiger partial charge in [-0.25, -0.2) is 8.78 Å². The molecule has 0 bridgehead atoms. The van der Waals surface area contributed by atoms with Crippen LogP contribution in [0.3, 0.4) is 0 Å². The highest BCUT2D eigenvalue weighted by Crippen LogP contribution is 2.23. The number of hydrogen-bond acceptors (Lipinski definition) is 2. The number of halogens is 3. The maximum Gasteiger partial charge on any atom is 0.228 e. The van der Waals surface area contributed by atoms with E-state index in [2.05, 4.69) is 5.32 Å². The molecular weight excluding hydrogens is 274 g/mol. The van der Waals surface area contributed by atoms with Gasteiger partial charge in [-0.1, -0.05) is 6.07 Å². The molecule has 1 aromatic carbocycles. The predicted molar refractivity (Wildman–Crippen MR) is 71.2 cm³/mol. The molecule has 19 heavy (non-hydrogen) atoms. The Labute approximate surface area is 117 Å². The van der Waals surface area contributed by atoms with Crippen LogP contribution >= 0.6 is 12.4 Å². The van der Waals surface area contributed by atoms with Crippen molar-refractivity contribution in [3.05, 3.63) is 35.4 Å². The third kappa shape index (κ3) is 3.22. The minimum Gasteiger partial charge on any atom is -0.339 e. The fraction of sp³-hybridized carbons (Fsp3) is 0.462. The van der Waals surface area contributed by atoms with Gasteiger partial charge in [-0.3, -0.25) is 4.79 Å². The predicted octanol–water partition coefficient (Wildman–Crippen LogP) is 2.13. The molecule has 0 saturated carbocycles. The molecule has 1 fully saturated rings. The van der Waals surface area contributed by atoms with Crippen molar-refractivity contribution in [3.63, 3.8) is 0 Å². The fourth-order valence-electron chi connectivity index (χ4n) is 1.94. The zero-order valence-electron chi connectivity index (χ0n) is 10.8. The number of nitrogens with zero attached hydrogens (tertiary/aromatic N) is 1. The van der Waals surface area contributed by atoms with E-state index in [1.807, 2.05) is 0 Å². The molecule has 106 valence electrons. The summed E-state index contributed by atoms with van der Waals surface area (Å²) in [7, 11) is 1.69. The Balaban J connectivity index is 0.00000180. The summed E-state index contributed by atoms with van der Waals surface area (Å²) in [5, 5.41) is 3.04. The molecule has 1 N–H and O–H groups in total. The zero-order valence-corrected chi connectivity index (χ0v) is 11.6. The lowest BCUT2D eigenvalue weighted by Crippen LogP contribution is -2.51. The average molecular weight is 291 g/mol. The minimum atomic E-state index is -0.884. The van der Waals surface area contributed by atoms with Crippen LogP contribution in [0.4, 0.5) is 8.78 Å². The number of carbonyl (C=O) groups is 1. The van der Waals surface area contributed by atoms with Crippen LogP contribution < -0.4 is 5.32 Å². The van der Waals surface area contributed by atoms with Crippen LogP contribution in [0.2, 0.25) is 0 Å². The highest BCUT2D eigenvalue weighted by atomic mass is 35.5. The van der Waals surface area contributed by atoms with Crippen LogP contribution in [-0.4, -0.2) is 30.9 Å². The largest absolute Gasteiger partial charge is 0.339 e. The summed E-state index contributed by atoms with van der Waals surface area (Å²) in [4.78, 5) is 13.6. The molecule has 3 nitrogen and oxygen atoms in total. The lowest BCUT2D eigenvalue weighted by Gasteiger charge is -2.33. The van der Waals surface area contributed by atoms with Crippen LogP contribution in [-0.2, 0) is 4.79 Å². The first kappa shape index (κ1) is 15.9. The molecule has 1 aromatic rings. The molecule has 6 heteroatoms. The molecule has 0 spiro atoms. The second kappa shape index (κ2) is 6.30. The van der Waals surface area contributed by atoms with E-state index in [9.17, 15) is 13.6 Å². The van der Waals surface area contributed by atoms with Gasteiger partial charge < -0.3 is 10.2 Å². The van der Waals surface area contributed by atoms with Crippen LogP contribution in [0.15, 0.2) is 18.2 Å². The van der Waals surface area contributed by atoms with Crippen molar-refractivity contribution in [3.8, 4) is 0 Å². The van der Waals surface area contributed by atoms with Crippen molar-refractivity contribution >= 4 is 18.3 Å². The molecule has 0 aromatic heterocycles. The molecule has 1 atom stereocenters. The highest BCUT2D eigenvalue weighted by molar-refractivity contribution is 5.85. The van der Waals surface area contributed by atoms with Crippen LogP contribution in [0, 0.1) is 17.6 Å². The van der Waals surface area contributed by atoms with E-state index >= 15 is 0 Å². The smallest absolute Gasteiger partial charge is 0.228 e. The SMILES string of the molecule is CC(c1ccc(F)c(F)c1)N(C)C(=O)C1CNC1.Cl. The quantitative estimate of drug-likeness (QED) is 0.925. The Bertz CT molecular complexity index is 466. The van der Waals surface area contributed by atoms with E-state index in [0.717, 1.165) is 12.1 Å². The van der Waals surface area contributed by atoms with E-state index in [4.69, 9.17) is 0 Å². The molecule has 1 aliphatic heterocycles. The lowest BCUT2D eigenvalue weighted by molar-refractivity contribution is -0.137. The van der Waals surface area contributed by atoms with E-state index in [1.165, 1.54) is 6.07 Å². The number of amides is 1. The van der Waals surface area contributed by atoms with Gasteiger partial charge in [-0.15, -0.1) is 12.4 Å². The molecule has 1 heterocycles. The Morgan fingerprint density at radius 3 is 2.47 bits per heavy atom. The number of nitrogens with one attached hydrogen (secondary N) is 1. The van der Waals surface area contributed by atoms with Gasteiger partial charge in [0.2, 0.25) is 5.91 Å². The summed E-state index contributed by atoms with van der Waals surface area (Å²) in [5.74, 6) is -1.72. The van der Waals surface area contributed by atoms with E-state index in [1.54, 1.807) is 18.9 Å². The maximum atomic E-state index is 13.2. The summed E-state index contributed by atoms with van der Waals surface area (Å²) >= 11 is 0. The Kier molecular flexibility index (Phi) is 5.26. The summed E-state index contributed by atoms with van der Waals surface area (Å²) in [5.41, 5.74) is 0.594. The highest BCUT2D eigenvalue weighted by Gasteiger charge is 2.30. The van der Waals surface area contributed by atoms with Gasteiger partial charge in [0.15, 0.2) is 11.6 Å². The van der Waals surface area contributed by atoms with E-state index in [0.29, 0.717) is 18.7 Å². The van der Waals surface area contributed by atoms with Gasteiger partial charge in [0.25, 0.3) is 0 Å². The molecule has 1 unspecified atom stereocenters. The summed E-state index contributed by atoms with van der Waals surface area (Å²) in [6.07, 6.45) is 0. The van der Waals surface area contributed by atoms with Gasteiger partial charge in [0.05, 0.1) is 12.0 Å². The minimum absolute atomic E-state index is 0. The molecule has 1 aliphatic rings. The average Bonchev–Trinajstić information content (AvgIpc) is 2.28. The molecular formula is C13H17ClF2N2O. The Morgan fingerprint density at radius 1 is 1.37 bits per heavy atom. The Hall–Kier alpha value is -1.20. The van der Waals surface area contributed by atoms with Crippen molar-refractivity contribution in [2.45, 2.75) is 13.0 Å². The molecule has 0 radical (unpaired) electrons. The summed E-state index contributed by atoms with van der Waals surface area (Å²) in [6.45, 7) is 3.18. The van der Waals surface area contributed by atoms with Crippen molar-refractivity contribution in [2.75, 3.05) is 20.1 Å². The van der Waals surface area contributed by atoms with Gasteiger partial charge in [-0.05, 0) is 24.6 Å². The lowest BCUT2D eigenvalue weighted by atomic mass is 9.99. The van der Waals surface area contributed by atoms with Gasteiger partial charge in [0.1, 0.15) is 0 Å². The fourth-order valence-corrected chi connectivity index (χ4v) is 1.94. The molecule has 2 rings (SSSR count). The van der Waals surface area contributed by atoms with Crippen LogP contribution in [0.25, 0.3) is 0 Å². The van der Waals surface area contributed by atoms with Crippen molar-refractivity contribution in [2.24, 2.45) is 5.92 Å². The molecule has 0 aliphatic carbocycles. The first-order valence-electron chi connectivity index (χ1n) is 5.93. The third-order valence-corrected chi connectivity index (χ3v) is 3.49. The van der Waals surface area contributed by atoms with Crippen molar-refractivity contribution < 1.29 is 13.6 Å². The van der Waals surface area contributed by atoms with Gasteiger partial charge in [-0.2, -0.15) is 0 Å². The summed E-state index contributed by atoms with van der Waals surface area (Å²) < 4.78 is 26.0. The third-order valence-electron chi connectivity index (χ3n) is 3.49. The van der Waals surface area contributed by atoms with Crippen molar-refractivity contribution in [1.29, 1.82) is 0 Å². The summed E-state index contributed by atoms with van der Waals surface area (Å²) in [6, 6.07) is 3.47. The van der Waals surface area contributed by atoms with Gasteiger partial charge >= 0.3 is 0 Å². The van der Waals surface area contributed by atoms with Crippen molar-refractivity contribution in [1.82, 2.24) is 10.2 Å². The zero-order chi connectivity index (χ0) is 13.3. The normalized spacial score (nSPS) is 16.2. The number of benzene rings is 1. The second-order valence-electron chi connectivity index (χ2n) is 4.65. The first-order valence-corrected chi connectivity index (χ1v) is 5.93. The molecule has 1 saturated heterocycles. The van der Waals surface area contributed by atoms with E-state index in [-0.39, 0.29) is 30.3 Å². The Morgan fingerprint density at radius 2 is 2.00 bits per heavy atom. The monoisotopic (exact) mass is 290 g/mol. The molecule has 1 amide bonds. The first-order chi connectivity index (χ1) is 8.50. The van der Waals surface area contributed by atoms with E-state index < -0.39 is 11.6 Å². The topological polar surface area (TPSA) is 32.3 Å².